The van der Waals surface area contributed by atoms with Gasteiger partial charge in [-0.15, -0.1) is 0 Å². The maximum absolute atomic E-state index is 5.59. The van der Waals surface area contributed by atoms with Crippen molar-refractivity contribution < 1.29 is 4.74 Å². The molecule has 2 heteroatoms. The number of benzene rings is 1. The molecule has 1 aromatic carbocycles. The van der Waals surface area contributed by atoms with Crippen molar-refractivity contribution in [1.82, 2.24) is 0 Å². The summed E-state index contributed by atoms with van der Waals surface area (Å²) in [6.45, 7) is 1.63. The van der Waals surface area contributed by atoms with Crippen LogP contribution in [0.2, 0.25) is 0 Å². The third-order valence-electron chi connectivity index (χ3n) is 2.21. The van der Waals surface area contributed by atoms with Crippen molar-refractivity contribution in [2.24, 2.45) is 0 Å². The number of hydrogen-bond donors (Lipinski definition) is 0. The Balaban J connectivity index is 1.93. The lowest BCUT2D eigenvalue weighted by Gasteiger charge is -2.03. The van der Waals surface area contributed by atoms with E-state index in [9.17, 15) is 0 Å². The minimum Gasteiger partial charge on any atom is -0.377 e. The molecule has 0 heterocycles. The van der Waals surface area contributed by atoms with Gasteiger partial charge >= 0.3 is 0 Å². The van der Waals surface area contributed by atoms with Crippen LogP contribution in [-0.4, -0.2) is 6.61 Å². The first-order chi connectivity index (χ1) is 7.43. The van der Waals surface area contributed by atoms with E-state index in [1.807, 2.05) is 6.07 Å². The molecule has 15 heavy (non-hydrogen) atoms. The van der Waals surface area contributed by atoms with E-state index < -0.39 is 0 Å². The molecule has 1 aromatic rings. The van der Waals surface area contributed by atoms with E-state index in [2.05, 4.69) is 51.3 Å². The first kappa shape index (κ1) is 13.0. The highest BCUT2D eigenvalue weighted by Crippen LogP contribution is 2.07. The van der Waals surface area contributed by atoms with Gasteiger partial charge in [0.15, 0.2) is 0 Å². The minimum absolute atomic E-state index is 0.749. The van der Waals surface area contributed by atoms with Gasteiger partial charge in [-0.2, -0.15) is 0 Å². The lowest BCUT2D eigenvalue weighted by atomic mass is 10.2. The van der Waals surface area contributed by atoms with Gasteiger partial charge in [0, 0.05) is 11.0 Å². The fourth-order valence-corrected chi connectivity index (χ4v) is 1.81. The molecule has 1 radical (unpaired) electrons. The second-order valence-electron chi connectivity index (χ2n) is 3.54. The molecule has 1 rings (SSSR count). The second kappa shape index (κ2) is 9.16. The van der Waals surface area contributed by atoms with Crippen molar-refractivity contribution in [2.75, 3.05) is 6.61 Å². The lowest BCUT2D eigenvalue weighted by molar-refractivity contribution is 0.117. The molecule has 0 aliphatic rings. The quantitative estimate of drug-likeness (QED) is 0.511. The fourth-order valence-electron chi connectivity index (χ4n) is 1.37. The maximum Gasteiger partial charge on any atom is 0.0716 e. The summed E-state index contributed by atoms with van der Waals surface area (Å²) in [7, 11) is 0. The highest BCUT2D eigenvalue weighted by Gasteiger charge is 1.92. The second-order valence-corrected chi connectivity index (χ2v) is 4.42. The Kier molecular flexibility index (Phi) is 7.92. The van der Waals surface area contributed by atoms with Crippen molar-refractivity contribution >= 4 is 22.6 Å². The summed E-state index contributed by atoms with van der Waals surface area (Å²) in [5.74, 6) is 0. The molecule has 0 saturated heterocycles. The molecule has 0 fully saturated rings. The van der Waals surface area contributed by atoms with E-state index in [0.29, 0.717) is 0 Å². The van der Waals surface area contributed by atoms with Crippen molar-refractivity contribution in [3.05, 3.63) is 40.3 Å². The maximum atomic E-state index is 5.59. The Morgan fingerprint density at radius 1 is 1.07 bits per heavy atom. The molecule has 0 aromatic heterocycles. The summed E-state index contributed by atoms with van der Waals surface area (Å²) in [5, 5.41) is 0. The summed E-state index contributed by atoms with van der Waals surface area (Å²) < 4.78 is 7.78. The Labute approximate surface area is 106 Å². The van der Waals surface area contributed by atoms with Gasteiger partial charge in [-0.1, -0.05) is 65.8 Å². The monoisotopic (exact) mass is 317 g/mol. The van der Waals surface area contributed by atoms with E-state index in [1.165, 1.54) is 31.2 Å². The van der Waals surface area contributed by atoms with Crippen LogP contribution in [0.1, 0.15) is 31.2 Å². The molecule has 1 nitrogen and oxygen atoms in total. The summed E-state index contributed by atoms with van der Waals surface area (Å²) >= 11 is 2.31. The van der Waals surface area contributed by atoms with E-state index in [1.54, 1.807) is 0 Å². The predicted octanol–water partition coefficient (Wildman–Crippen LogP) is 4.36. The zero-order valence-electron chi connectivity index (χ0n) is 8.99. The molecule has 0 spiro atoms. The number of unbranched alkanes of at least 4 members (excludes halogenated alkanes) is 3. The van der Waals surface area contributed by atoms with Crippen LogP contribution in [0.4, 0.5) is 0 Å². The van der Waals surface area contributed by atoms with Crippen molar-refractivity contribution in [3.8, 4) is 0 Å². The Morgan fingerprint density at radius 3 is 2.60 bits per heavy atom. The fraction of sp³-hybridized carbons (Fsp3) is 0.462. The first-order valence-electron chi connectivity index (χ1n) is 5.47. The average molecular weight is 317 g/mol. The molecule has 0 saturated carbocycles. The van der Waals surface area contributed by atoms with Gasteiger partial charge in [0.05, 0.1) is 6.61 Å². The van der Waals surface area contributed by atoms with E-state index >= 15 is 0 Å². The summed E-state index contributed by atoms with van der Waals surface area (Å²) in [4.78, 5) is 0. The highest BCUT2D eigenvalue weighted by molar-refractivity contribution is 14.1. The standard InChI is InChI=1S/C13H18IO/c14-10-6-1-2-7-11-15-12-13-8-4-3-5-9-13/h3-5,8-10H,1-2,6-7,11-12H2. The molecular weight excluding hydrogens is 299 g/mol. The Hall–Kier alpha value is -0.0900. The van der Waals surface area contributed by atoms with Crippen LogP contribution in [0.15, 0.2) is 30.3 Å². The zero-order valence-corrected chi connectivity index (χ0v) is 11.2. The molecule has 0 amide bonds. The molecule has 0 unspecified atom stereocenters. The Bertz CT molecular complexity index is 236. The summed E-state index contributed by atoms with van der Waals surface area (Å²) in [6, 6.07) is 10.3. The lowest BCUT2D eigenvalue weighted by Crippen LogP contribution is -1.95. The topological polar surface area (TPSA) is 9.23 Å². The van der Waals surface area contributed by atoms with E-state index in [-0.39, 0.29) is 0 Å². The molecule has 0 bridgehead atoms. The number of rotatable bonds is 8. The number of ether oxygens (including phenoxy) is 1. The molecule has 0 N–H and O–H groups in total. The van der Waals surface area contributed by atoms with Crippen molar-refractivity contribution in [3.63, 3.8) is 0 Å². The van der Waals surface area contributed by atoms with E-state index in [4.69, 9.17) is 4.74 Å². The van der Waals surface area contributed by atoms with Gasteiger partial charge in [0.25, 0.3) is 0 Å². The van der Waals surface area contributed by atoms with Gasteiger partial charge in [-0.3, -0.25) is 0 Å². The van der Waals surface area contributed by atoms with Gasteiger partial charge in [-0.25, -0.2) is 0 Å². The van der Waals surface area contributed by atoms with Crippen LogP contribution in [0, 0.1) is 4.43 Å². The third kappa shape index (κ3) is 6.90. The molecule has 0 aliphatic carbocycles. The van der Waals surface area contributed by atoms with Crippen LogP contribution < -0.4 is 0 Å². The SMILES string of the molecule is I[CH]CCCCCOCc1ccccc1. The Morgan fingerprint density at radius 2 is 1.87 bits per heavy atom. The normalized spacial score (nSPS) is 10.5. The van der Waals surface area contributed by atoms with Gasteiger partial charge in [0.1, 0.15) is 0 Å². The van der Waals surface area contributed by atoms with Crippen LogP contribution in [-0.2, 0) is 11.3 Å². The number of hydrogen-bond acceptors (Lipinski definition) is 1. The summed E-state index contributed by atoms with van der Waals surface area (Å²) in [6.07, 6.45) is 4.96. The first-order valence-corrected chi connectivity index (χ1v) is 6.71. The van der Waals surface area contributed by atoms with Gasteiger partial charge < -0.3 is 4.74 Å². The minimum atomic E-state index is 0.749. The van der Waals surface area contributed by atoms with Crippen molar-refractivity contribution in [1.29, 1.82) is 0 Å². The van der Waals surface area contributed by atoms with Gasteiger partial charge in [0.2, 0.25) is 0 Å². The molecule has 0 aliphatic heterocycles. The molecule has 83 valence electrons. The highest BCUT2D eigenvalue weighted by atomic mass is 127. The third-order valence-corrected chi connectivity index (χ3v) is 2.84. The van der Waals surface area contributed by atoms with Gasteiger partial charge in [-0.05, 0) is 18.4 Å². The van der Waals surface area contributed by atoms with Crippen LogP contribution >= 0.6 is 22.6 Å². The predicted molar refractivity (Wildman–Crippen MR) is 72.9 cm³/mol. The molecular formula is C13H18IO. The largest absolute Gasteiger partial charge is 0.377 e. The van der Waals surface area contributed by atoms with Crippen LogP contribution in [0.25, 0.3) is 0 Å². The number of halogens is 1. The smallest absolute Gasteiger partial charge is 0.0716 e. The molecule has 0 atom stereocenters. The van der Waals surface area contributed by atoms with Crippen molar-refractivity contribution in [2.45, 2.75) is 32.3 Å². The van der Waals surface area contributed by atoms with Crippen LogP contribution in [0.3, 0.4) is 0 Å². The summed E-state index contributed by atoms with van der Waals surface area (Å²) in [5.41, 5.74) is 1.26. The van der Waals surface area contributed by atoms with Crippen LogP contribution in [0.5, 0.6) is 0 Å². The van der Waals surface area contributed by atoms with E-state index in [0.717, 1.165) is 13.2 Å². The average Bonchev–Trinajstić information content (AvgIpc) is 2.29. The zero-order chi connectivity index (χ0) is 10.8.